The zero-order chi connectivity index (χ0) is 14.7. The number of rotatable bonds is 6. The second-order valence-electron chi connectivity index (χ2n) is 4.85. The number of ether oxygens (including phenoxy) is 1. The number of guanidine groups is 1. The minimum atomic E-state index is -0.465. The zero-order valence-corrected chi connectivity index (χ0v) is 16.1. The summed E-state index contributed by atoms with van der Waals surface area (Å²) < 4.78 is 5.12. The number of carbonyl (C=O) groups is 1. The predicted octanol–water partition coefficient (Wildman–Crippen LogP) is 1.66. The van der Waals surface area contributed by atoms with Crippen LogP contribution in [0.15, 0.2) is 4.99 Å². The molecule has 0 rings (SSSR count). The molecule has 0 radical (unpaired) electrons. The first-order valence-electron chi connectivity index (χ1n) is 6.29. The normalized spacial score (nSPS) is 11.3. The maximum atomic E-state index is 11.4. The largest absolute Gasteiger partial charge is 0.444 e. The van der Waals surface area contributed by atoms with Crippen LogP contribution in [0.1, 0.15) is 20.8 Å². The molecular formula is C12H27IN4O2S. The number of hydrogen-bond acceptors (Lipinski definition) is 4. The highest BCUT2D eigenvalue weighted by Gasteiger charge is 2.15. The van der Waals surface area contributed by atoms with Crippen LogP contribution in [0, 0.1) is 0 Å². The standard InChI is InChI=1S/C12H26N4O2S.HI/c1-12(2,3)18-11(17)16-7-6-14-10(13-4)15-8-9-19-5;/h6-9H2,1-5H3,(H,16,17)(H2,13,14,15);1H. The number of thioether (sulfide) groups is 1. The molecule has 0 heterocycles. The molecular weight excluding hydrogens is 391 g/mol. The number of halogens is 1. The number of carbonyl (C=O) groups excluding carboxylic acids is 1. The molecule has 0 aromatic rings. The molecule has 0 aromatic heterocycles. The zero-order valence-electron chi connectivity index (χ0n) is 12.9. The summed E-state index contributed by atoms with van der Waals surface area (Å²) in [6.07, 6.45) is 1.66. The maximum Gasteiger partial charge on any atom is 0.407 e. The maximum absolute atomic E-state index is 11.4. The van der Waals surface area contributed by atoms with Crippen molar-refractivity contribution in [2.75, 3.05) is 38.7 Å². The van der Waals surface area contributed by atoms with Crippen LogP contribution in [0.4, 0.5) is 4.79 Å². The van der Waals surface area contributed by atoms with E-state index in [1.165, 1.54) is 0 Å². The molecule has 0 bridgehead atoms. The Morgan fingerprint density at radius 2 is 1.70 bits per heavy atom. The fraction of sp³-hybridized carbons (Fsp3) is 0.833. The fourth-order valence-corrected chi connectivity index (χ4v) is 1.46. The Kier molecular flexibility index (Phi) is 13.5. The van der Waals surface area contributed by atoms with Crippen molar-refractivity contribution in [2.24, 2.45) is 4.99 Å². The summed E-state index contributed by atoms with van der Waals surface area (Å²) in [7, 11) is 1.72. The number of alkyl carbamates (subject to hydrolysis) is 1. The fourth-order valence-electron chi connectivity index (χ4n) is 1.15. The Morgan fingerprint density at radius 3 is 2.20 bits per heavy atom. The van der Waals surface area contributed by atoms with Crippen LogP contribution in [-0.4, -0.2) is 56.3 Å². The van der Waals surface area contributed by atoms with E-state index < -0.39 is 11.7 Å². The van der Waals surface area contributed by atoms with Crippen molar-refractivity contribution in [3.63, 3.8) is 0 Å². The summed E-state index contributed by atoms with van der Waals surface area (Å²) in [6.45, 7) is 7.45. The van der Waals surface area contributed by atoms with Gasteiger partial charge in [-0.15, -0.1) is 24.0 Å². The van der Waals surface area contributed by atoms with Crippen molar-refractivity contribution < 1.29 is 9.53 Å². The Balaban J connectivity index is 0. The first-order chi connectivity index (χ1) is 8.89. The molecule has 0 saturated heterocycles. The summed E-state index contributed by atoms with van der Waals surface area (Å²) in [5.41, 5.74) is -0.465. The Hall–Kier alpha value is -0.380. The Bertz CT molecular complexity index is 296. The van der Waals surface area contributed by atoms with Crippen LogP contribution in [-0.2, 0) is 4.74 Å². The average Bonchev–Trinajstić information content (AvgIpc) is 2.30. The van der Waals surface area contributed by atoms with Gasteiger partial charge in [0.15, 0.2) is 5.96 Å². The van der Waals surface area contributed by atoms with Gasteiger partial charge in [0, 0.05) is 32.4 Å². The van der Waals surface area contributed by atoms with Crippen molar-refractivity contribution in [1.29, 1.82) is 0 Å². The minimum Gasteiger partial charge on any atom is -0.444 e. The molecule has 0 fully saturated rings. The third-order valence-electron chi connectivity index (χ3n) is 1.91. The van der Waals surface area contributed by atoms with E-state index in [0.29, 0.717) is 13.1 Å². The molecule has 0 aliphatic carbocycles. The number of aliphatic imine (C=N–C) groups is 1. The molecule has 0 atom stereocenters. The summed E-state index contributed by atoms with van der Waals surface area (Å²) in [4.78, 5) is 15.5. The lowest BCUT2D eigenvalue weighted by Crippen LogP contribution is -2.43. The van der Waals surface area contributed by atoms with Crippen molar-refractivity contribution in [3.8, 4) is 0 Å². The van der Waals surface area contributed by atoms with Gasteiger partial charge in [-0.1, -0.05) is 0 Å². The number of nitrogens with one attached hydrogen (secondary N) is 3. The van der Waals surface area contributed by atoms with Gasteiger partial charge in [-0.05, 0) is 27.0 Å². The minimum absolute atomic E-state index is 0. The van der Waals surface area contributed by atoms with Gasteiger partial charge in [0.1, 0.15) is 5.60 Å². The van der Waals surface area contributed by atoms with E-state index in [-0.39, 0.29) is 24.0 Å². The number of amides is 1. The molecule has 0 unspecified atom stereocenters. The molecule has 6 nitrogen and oxygen atoms in total. The lowest BCUT2D eigenvalue weighted by Gasteiger charge is -2.19. The van der Waals surface area contributed by atoms with Crippen LogP contribution < -0.4 is 16.0 Å². The second-order valence-corrected chi connectivity index (χ2v) is 5.83. The van der Waals surface area contributed by atoms with E-state index in [4.69, 9.17) is 4.74 Å². The van der Waals surface area contributed by atoms with Gasteiger partial charge in [-0.2, -0.15) is 11.8 Å². The van der Waals surface area contributed by atoms with E-state index in [2.05, 4.69) is 27.2 Å². The van der Waals surface area contributed by atoms with Gasteiger partial charge < -0.3 is 20.7 Å². The average molecular weight is 418 g/mol. The Labute approximate surface area is 143 Å². The molecule has 0 aliphatic heterocycles. The summed E-state index contributed by atoms with van der Waals surface area (Å²) in [5, 5.41) is 8.95. The summed E-state index contributed by atoms with van der Waals surface area (Å²) in [6, 6.07) is 0. The monoisotopic (exact) mass is 418 g/mol. The van der Waals surface area contributed by atoms with Gasteiger partial charge in [-0.25, -0.2) is 4.79 Å². The molecule has 1 amide bonds. The molecule has 0 saturated carbocycles. The van der Waals surface area contributed by atoms with Gasteiger partial charge in [0.25, 0.3) is 0 Å². The predicted molar refractivity (Wildman–Crippen MR) is 97.4 cm³/mol. The van der Waals surface area contributed by atoms with Crippen molar-refractivity contribution in [1.82, 2.24) is 16.0 Å². The third kappa shape index (κ3) is 14.0. The number of hydrogen-bond donors (Lipinski definition) is 3. The van der Waals surface area contributed by atoms with Crippen LogP contribution in [0.3, 0.4) is 0 Å². The summed E-state index contributed by atoms with van der Waals surface area (Å²) in [5.74, 6) is 1.76. The van der Waals surface area contributed by atoms with Crippen LogP contribution in [0.2, 0.25) is 0 Å². The highest BCUT2D eigenvalue weighted by atomic mass is 127. The number of nitrogens with zero attached hydrogens (tertiary/aromatic N) is 1. The molecule has 8 heteroatoms. The van der Waals surface area contributed by atoms with E-state index in [9.17, 15) is 4.79 Å². The van der Waals surface area contributed by atoms with E-state index in [1.807, 2.05) is 20.8 Å². The van der Waals surface area contributed by atoms with Crippen molar-refractivity contribution >= 4 is 47.8 Å². The molecule has 0 aliphatic rings. The highest BCUT2D eigenvalue weighted by molar-refractivity contribution is 14.0. The van der Waals surface area contributed by atoms with Crippen LogP contribution in [0.5, 0.6) is 0 Å². The quantitative estimate of drug-likeness (QED) is 0.265. The molecule has 0 aromatic carbocycles. The van der Waals surface area contributed by atoms with Crippen LogP contribution >= 0.6 is 35.7 Å². The molecule has 20 heavy (non-hydrogen) atoms. The SMILES string of the molecule is CN=C(NCCNC(=O)OC(C)(C)C)NCCSC.I. The van der Waals surface area contributed by atoms with Gasteiger partial charge >= 0.3 is 6.09 Å². The van der Waals surface area contributed by atoms with Gasteiger partial charge in [-0.3, -0.25) is 4.99 Å². The lowest BCUT2D eigenvalue weighted by atomic mass is 10.2. The van der Waals surface area contributed by atoms with Crippen molar-refractivity contribution in [3.05, 3.63) is 0 Å². The van der Waals surface area contributed by atoms with Crippen molar-refractivity contribution in [2.45, 2.75) is 26.4 Å². The smallest absolute Gasteiger partial charge is 0.407 e. The first-order valence-corrected chi connectivity index (χ1v) is 7.68. The summed E-state index contributed by atoms with van der Waals surface area (Å²) >= 11 is 1.77. The lowest BCUT2D eigenvalue weighted by molar-refractivity contribution is 0.0529. The molecule has 3 N–H and O–H groups in total. The van der Waals surface area contributed by atoms with E-state index in [0.717, 1.165) is 18.3 Å². The van der Waals surface area contributed by atoms with E-state index in [1.54, 1.807) is 18.8 Å². The first kappa shape index (κ1) is 21.9. The van der Waals surface area contributed by atoms with Gasteiger partial charge in [0.2, 0.25) is 0 Å². The second kappa shape index (κ2) is 12.4. The van der Waals surface area contributed by atoms with Crippen LogP contribution in [0.25, 0.3) is 0 Å². The highest BCUT2D eigenvalue weighted by Crippen LogP contribution is 2.05. The molecule has 0 spiro atoms. The van der Waals surface area contributed by atoms with Gasteiger partial charge in [0.05, 0.1) is 0 Å². The van der Waals surface area contributed by atoms with E-state index >= 15 is 0 Å². The topological polar surface area (TPSA) is 74.8 Å². The third-order valence-corrected chi connectivity index (χ3v) is 2.52. The Morgan fingerprint density at radius 1 is 1.15 bits per heavy atom. The molecule has 120 valence electrons.